The molecule has 1 aromatic heterocycles. The maximum absolute atomic E-state index is 12.9. The van der Waals surface area contributed by atoms with Crippen molar-refractivity contribution in [1.82, 2.24) is 20.0 Å². The lowest BCUT2D eigenvalue weighted by atomic mass is 10.1. The molecule has 1 saturated heterocycles. The van der Waals surface area contributed by atoms with E-state index in [-0.39, 0.29) is 24.6 Å². The Morgan fingerprint density at radius 3 is 2.48 bits per heavy atom. The highest BCUT2D eigenvalue weighted by Crippen LogP contribution is 2.14. The number of aryl methyl sites for hydroxylation is 1. The van der Waals surface area contributed by atoms with E-state index in [2.05, 4.69) is 15.3 Å². The third-order valence-corrected chi connectivity index (χ3v) is 5.61. The zero-order valence-electron chi connectivity index (χ0n) is 17.8. The van der Waals surface area contributed by atoms with Crippen molar-refractivity contribution in [2.24, 2.45) is 0 Å². The minimum Gasteiger partial charge on any atom is -0.484 e. The van der Waals surface area contributed by atoms with Crippen LogP contribution in [0.3, 0.4) is 0 Å². The van der Waals surface area contributed by atoms with Crippen LogP contribution in [0.15, 0.2) is 53.3 Å². The standard InChI is InChI=1S/C24H28N4O3/c1-18-8-10-19(11-9-18)31-17-23(29)25-16-22-20-6-2-3-7-21(20)24(30)28(26-22)15-14-27-12-4-5-13-27/h2-3,6-11H,4-5,12-17H2,1H3,(H,25,29). The van der Waals surface area contributed by atoms with Gasteiger partial charge in [0.05, 0.1) is 24.2 Å². The van der Waals surface area contributed by atoms with Gasteiger partial charge in [0.15, 0.2) is 6.61 Å². The van der Waals surface area contributed by atoms with Gasteiger partial charge in [0.25, 0.3) is 11.5 Å². The SMILES string of the molecule is Cc1ccc(OCC(=O)NCc2nn(CCN3CCCC3)c(=O)c3ccccc23)cc1. The van der Waals surface area contributed by atoms with Gasteiger partial charge in [0.2, 0.25) is 0 Å². The van der Waals surface area contributed by atoms with Crippen LogP contribution in [0.1, 0.15) is 24.1 Å². The van der Waals surface area contributed by atoms with E-state index in [9.17, 15) is 9.59 Å². The molecule has 1 fully saturated rings. The number of rotatable bonds is 8. The first-order valence-corrected chi connectivity index (χ1v) is 10.8. The molecule has 0 bridgehead atoms. The predicted molar refractivity (Wildman–Crippen MR) is 120 cm³/mol. The second kappa shape index (κ2) is 9.75. The molecule has 0 saturated carbocycles. The summed E-state index contributed by atoms with van der Waals surface area (Å²) in [4.78, 5) is 27.5. The highest BCUT2D eigenvalue weighted by atomic mass is 16.5. The van der Waals surface area contributed by atoms with Gasteiger partial charge in [0, 0.05) is 11.9 Å². The third kappa shape index (κ3) is 5.30. The summed E-state index contributed by atoms with van der Waals surface area (Å²) in [6.45, 7) is 5.66. The molecule has 0 atom stereocenters. The van der Waals surface area contributed by atoms with Gasteiger partial charge in [-0.2, -0.15) is 5.10 Å². The Labute approximate surface area is 181 Å². The monoisotopic (exact) mass is 420 g/mol. The normalized spacial score (nSPS) is 14.1. The highest BCUT2D eigenvalue weighted by molar-refractivity contribution is 5.84. The van der Waals surface area contributed by atoms with Crippen molar-refractivity contribution >= 4 is 16.7 Å². The molecule has 2 heterocycles. The average Bonchev–Trinajstić information content (AvgIpc) is 3.31. The number of aromatic nitrogens is 2. The fraction of sp³-hybridized carbons (Fsp3) is 0.375. The molecule has 1 aliphatic heterocycles. The molecule has 31 heavy (non-hydrogen) atoms. The van der Waals surface area contributed by atoms with Crippen LogP contribution in [-0.4, -0.2) is 46.8 Å². The molecule has 162 valence electrons. The third-order valence-electron chi connectivity index (χ3n) is 5.61. The molecule has 7 nitrogen and oxygen atoms in total. The van der Waals surface area contributed by atoms with Crippen LogP contribution in [0, 0.1) is 6.92 Å². The van der Waals surface area contributed by atoms with Gasteiger partial charge >= 0.3 is 0 Å². The number of hydrogen-bond acceptors (Lipinski definition) is 5. The first-order chi connectivity index (χ1) is 15.1. The van der Waals surface area contributed by atoms with Gasteiger partial charge in [-0.1, -0.05) is 35.9 Å². The molecular formula is C24H28N4O3. The van der Waals surface area contributed by atoms with Crippen molar-refractivity contribution in [2.45, 2.75) is 32.9 Å². The smallest absolute Gasteiger partial charge is 0.274 e. The van der Waals surface area contributed by atoms with Gasteiger partial charge < -0.3 is 15.0 Å². The molecule has 3 aromatic rings. The van der Waals surface area contributed by atoms with Crippen LogP contribution in [0.4, 0.5) is 0 Å². The molecule has 4 rings (SSSR count). The zero-order chi connectivity index (χ0) is 21.6. The molecule has 7 heteroatoms. The van der Waals surface area contributed by atoms with Crippen molar-refractivity contribution in [1.29, 1.82) is 0 Å². The molecule has 0 aliphatic carbocycles. The fourth-order valence-corrected chi connectivity index (χ4v) is 3.85. The van der Waals surface area contributed by atoms with Crippen molar-refractivity contribution < 1.29 is 9.53 Å². The summed E-state index contributed by atoms with van der Waals surface area (Å²) >= 11 is 0. The van der Waals surface area contributed by atoms with Crippen LogP contribution >= 0.6 is 0 Å². The number of nitrogens with one attached hydrogen (secondary N) is 1. The summed E-state index contributed by atoms with van der Waals surface area (Å²) in [5.41, 5.74) is 1.72. The number of ether oxygens (including phenoxy) is 1. The molecule has 1 amide bonds. The number of carbonyl (C=O) groups is 1. The molecular weight excluding hydrogens is 392 g/mol. The summed E-state index contributed by atoms with van der Waals surface area (Å²) in [7, 11) is 0. The maximum atomic E-state index is 12.9. The molecule has 0 spiro atoms. The van der Waals surface area contributed by atoms with Gasteiger partial charge in [0.1, 0.15) is 5.75 Å². The Morgan fingerprint density at radius 2 is 1.74 bits per heavy atom. The summed E-state index contributed by atoms with van der Waals surface area (Å²) < 4.78 is 7.08. The Balaban J connectivity index is 1.44. The number of fused-ring (bicyclic) bond motifs is 1. The second-order valence-corrected chi connectivity index (χ2v) is 7.95. The summed E-state index contributed by atoms with van der Waals surface area (Å²) in [6, 6.07) is 15.0. The first-order valence-electron chi connectivity index (χ1n) is 10.8. The van der Waals surface area contributed by atoms with Crippen LogP contribution < -0.4 is 15.6 Å². The van der Waals surface area contributed by atoms with E-state index in [0.29, 0.717) is 23.4 Å². The minimum atomic E-state index is -0.235. The zero-order valence-corrected chi connectivity index (χ0v) is 17.8. The summed E-state index contributed by atoms with van der Waals surface area (Å²) in [5, 5.41) is 8.84. The number of amides is 1. The second-order valence-electron chi connectivity index (χ2n) is 7.95. The van der Waals surface area contributed by atoms with Gasteiger partial charge in [-0.15, -0.1) is 0 Å². The number of carbonyl (C=O) groups excluding carboxylic acids is 1. The van der Waals surface area contributed by atoms with Crippen molar-refractivity contribution in [3.8, 4) is 5.75 Å². The highest BCUT2D eigenvalue weighted by Gasteiger charge is 2.15. The topological polar surface area (TPSA) is 76.5 Å². The molecule has 0 radical (unpaired) electrons. The van der Waals surface area contributed by atoms with Crippen LogP contribution in [0.5, 0.6) is 5.75 Å². The van der Waals surface area contributed by atoms with Crippen LogP contribution in [0.25, 0.3) is 10.8 Å². The number of hydrogen-bond donors (Lipinski definition) is 1. The minimum absolute atomic E-state index is 0.0738. The Kier molecular flexibility index (Phi) is 6.62. The van der Waals surface area contributed by atoms with Crippen LogP contribution in [-0.2, 0) is 17.9 Å². The van der Waals surface area contributed by atoms with Crippen molar-refractivity contribution in [3.63, 3.8) is 0 Å². The van der Waals surface area contributed by atoms with Crippen molar-refractivity contribution in [2.75, 3.05) is 26.2 Å². The number of nitrogens with zero attached hydrogens (tertiary/aromatic N) is 3. The molecule has 1 aliphatic rings. The van der Waals surface area contributed by atoms with Gasteiger partial charge in [-0.25, -0.2) is 4.68 Å². The van der Waals surface area contributed by atoms with E-state index in [1.54, 1.807) is 0 Å². The summed E-state index contributed by atoms with van der Waals surface area (Å²) in [6.07, 6.45) is 2.42. The van der Waals surface area contributed by atoms with Crippen molar-refractivity contribution in [3.05, 3.63) is 70.1 Å². The van der Waals surface area contributed by atoms with E-state index >= 15 is 0 Å². The molecule has 0 unspecified atom stereocenters. The largest absolute Gasteiger partial charge is 0.484 e. The lowest BCUT2D eigenvalue weighted by Gasteiger charge is -2.16. The lowest BCUT2D eigenvalue weighted by Crippen LogP contribution is -2.33. The van der Waals surface area contributed by atoms with Gasteiger partial charge in [-0.05, 0) is 51.1 Å². The van der Waals surface area contributed by atoms with Crippen LogP contribution in [0.2, 0.25) is 0 Å². The molecule has 1 N–H and O–H groups in total. The maximum Gasteiger partial charge on any atom is 0.274 e. The van der Waals surface area contributed by atoms with E-state index in [1.165, 1.54) is 17.5 Å². The fourth-order valence-electron chi connectivity index (χ4n) is 3.85. The van der Waals surface area contributed by atoms with Gasteiger partial charge in [-0.3, -0.25) is 9.59 Å². The summed E-state index contributed by atoms with van der Waals surface area (Å²) in [5.74, 6) is 0.418. The Bertz CT molecular complexity index is 1100. The first kappa shape index (κ1) is 21.1. The quantitative estimate of drug-likeness (QED) is 0.606. The Hall–Kier alpha value is -3.19. The number of benzene rings is 2. The van der Waals surface area contributed by atoms with E-state index < -0.39 is 0 Å². The van der Waals surface area contributed by atoms with E-state index in [1.807, 2.05) is 55.5 Å². The predicted octanol–water partition coefficient (Wildman–Crippen LogP) is 2.50. The average molecular weight is 421 g/mol. The Morgan fingerprint density at radius 1 is 1.03 bits per heavy atom. The lowest BCUT2D eigenvalue weighted by molar-refractivity contribution is -0.123. The molecule has 2 aromatic carbocycles. The number of likely N-dealkylation sites (tertiary alicyclic amines) is 1. The van der Waals surface area contributed by atoms with E-state index in [0.717, 1.165) is 30.6 Å². The van der Waals surface area contributed by atoms with E-state index in [4.69, 9.17) is 4.74 Å².